The summed E-state index contributed by atoms with van der Waals surface area (Å²) >= 11 is 0. The topological polar surface area (TPSA) is 51.7 Å². The SMILES string of the molecule is CCCC(F)(F)c1cnc2c(c1)N(C(=O)CN1CC(C)NC[C@@H]1CN1CC[C@@H](F)C1)CC2(C)C. The van der Waals surface area contributed by atoms with Crippen molar-refractivity contribution in [2.24, 2.45) is 0 Å². The van der Waals surface area contributed by atoms with Crippen molar-refractivity contribution in [3.05, 3.63) is 23.5 Å². The van der Waals surface area contributed by atoms with Crippen LogP contribution in [0.1, 0.15) is 58.2 Å². The van der Waals surface area contributed by atoms with Crippen LogP contribution in [0.3, 0.4) is 0 Å². The number of alkyl halides is 3. The molecule has 6 nitrogen and oxygen atoms in total. The third kappa shape index (κ3) is 5.26. The van der Waals surface area contributed by atoms with Crippen molar-refractivity contribution in [3.8, 4) is 0 Å². The number of likely N-dealkylation sites (tertiary alicyclic amines) is 1. The highest BCUT2D eigenvalue weighted by atomic mass is 19.3. The van der Waals surface area contributed by atoms with Gasteiger partial charge in [0.05, 0.1) is 17.9 Å². The summed E-state index contributed by atoms with van der Waals surface area (Å²) in [5.41, 5.74) is 0.647. The number of nitrogens with zero attached hydrogens (tertiary/aromatic N) is 4. The van der Waals surface area contributed by atoms with E-state index in [0.717, 1.165) is 13.1 Å². The van der Waals surface area contributed by atoms with E-state index in [0.29, 0.717) is 50.4 Å². The standard InChI is InChI=1S/C25H38F3N5O/c1-5-7-25(27,28)18-9-21-23(30-10-18)24(3,4)16-33(21)22(34)15-32-12-17(2)29-11-20(32)14-31-8-6-19(26)13-31/h9-10,17,19-20,29H,5-8,11-16H2,1-4H3/t17?,19-,20-/m1/s1. The van der Waals surface area contributed by atoms with Crippen LogP contribution < -0.4 is 10.2 Å². The highest BCUT2D eigenvalue weighted by molar-refractivity contribution is 5.97. The molecular formula is C25H38F3N5O. The summed E-state index contributed by atoms with van der Waals surface area (Å²) in [6, 6.07) is 1.80. The van der Waals surface area contributed by atoms with Gasteiger partial charge in [-0.3, -0.25) is 19.6 Å². The molecule has 3 atom stereocenters. The van der Waals surface area contributed by atoms with E-state index >= 15 is 0 Å². The number of rotatable bonds is 7. The summed E-state index contributed by atoms with van der Waals surface area (Å²) in [5.74, 6) is -3.07. The molecule has 0 spiro atoms. The zero-order valence-corrected chi connectivity index (χ0v) is 20.8. The zero-order valence-electron chi connectivity index (χ0n) is 20.8. The van der Waals surface area contributed by atoms with Crippen LogP contribution in [-0.4, -0.2) is 84.8 Å². The number of aromatic nitrogens is 1. The first kappa shape index (κ1) is 25.4. The lowest BCUT2D eigenvalue weighted by atomic mass is 9.91. The monoisotopic (exact) mass is 481 g/mol. The third-order valence-electron chi connectivity index (χ3n) is 7.39. The Bertz CT molecular complexity index is 895. The Morgan fingerprint density at radius 2 is 2.09 bits per heavy atom. The summed E-state index contributed by atoms with van der Waals surface area (Å²) in [6.45, 7) is 11.8. The number of carbonyl (C=O) groups is 1. The summed E-state index contributed by atoms with van der Waals surface area (Å²) in [5, 5.41) is 3.47. The van der Waals surface area contributed by atoms with Crippen LogP contribution in [0.5, 0.6) is 0 Å². The predicted octanol–water partition coefficient (Wildman–Crippen LogP) is 3.30. The number of fused-ring (bicyclic) bond motifs is 1. The van der Waals surface area contributed by atoms with Crippen LogP contribution in [0, 0.1) is 0 Å². The quantitative estimate of drug-likeness (QED) is 0.648. The van der Waals surface area contributed by atoms with E-state index in [9.17, 15) is 18.0 Å². The molecule has 1 amide bonds. The Morgan fingerprint density at radius 1 is 1.32 bits per heavy atom. The van der Waals surface area contributed by atoms with Crippen molar-refractivity contribution >= 4 is 11.6 Å². The molecule has 0 bridgehead atoms. The molecule has 2 fully saturated rings. The molecule has 1 aromatic rings. The third-order valence-corrected chi connectivity index (χ3v) is 7.39. The highest BCUT2D eigenvalue weighted by Gasteiger charge is 2.42. The molecule has 1 aromatic heterocycles. The van der Waals surface area contributed by atoms with Crippen LogP contribution in [0.2, 0.25) is 0 Å². The molecule has 1 unspecified atom stereocenters. The lowest BCUT2D eigenvalue weighted by molar-refractivity contribution is -0.120. The van der Waals surface area contributed by atoms with Gasteiger partial charge in [-0.25, -0.2) is 13.2 Å². The van der Waals surface area contributed by atoms with Crippen molar-refractivity contribution in [1.29, 1.82) is 0 Å². The second kappa shape index (κ2) is 9.74. The molecule has 0 saturated carbocycles. The van der Waals surface area contributed by atoms with E-state index in [-0.39, 0.29) is 36.5 Å². The minimum absolute atomic E-state index is 0.0962. The molecule has 2 saturated heterocycles. The van der Waals surface area contributed by atoms with Gasteiger partial charge < -0.3 is 10.2 Å². The number of halogens is 3. The average molecular weight is 482 g/mol. The number of pyridine rings is 1. The van der Waals surface area contributed by atoms with Crippen molar-refractivity contribution in [1.82, 2.24) is 20.1 Å². The minimum Gasteiger partial charge on any atom is -0.311 e. The van der Waals surface area contributed by atoms with Crippen LogP contribution in [-0.2, 0) is 16.1 Å². The molecule has 0 radical (unpaired) electrons. The number of nitrogens with one attached hydrogen (secondary N) is 1. The molecule has 190 valence electrons. The van der Waals surface area contributed by atoms with Gasteiger partial charge >= 0.3 is 0 Å². The van der Waals surface area contributed by atoms with E-state index in [2.05, 4.69) is 27.0 Å². The molecule has 34 heavy (non-hydrogen) atoms. The van der Waals surface area contributed by atoms with E-state index in [1.165, 1.54) is 12.3 Å². The van der Waals surface area contributed by atoms with Crippen molar-refractivity contribution in [3.63, 3.8) is 0 Å². The molecule has 3 aliphatic rings. The molecule has 0 aliphatic carbocycles. The first-order valence-corrected chi connectivity index (χ1v) is 12.5. The van der Waals surface area contributed by atoms with E-state index in [1.807, 2.05) is 13.8 Å². The first-order chi connectivity index (χ1) is 16.0. The van der Waals surface area contributed by atoms with Gasteiger partial charge in [0.1, 0.15) is 6.17 Å². The van der Waals surface area contributed by atoms with Gasteiger partial charge in [-0.2, -0.15) is 0 Å². The number of anilines is 1. The molecule has 4 heterocycles. The van der Waals surface area contributed by atoms with Crippen molar-refractivity contribution in [2.45, 2.75) is 76.6 Å². The second-order valence-electron chi connectivity index (χ2n) is 10.9. The fraction of sp³-hybridized carbons (Fsp3) is 0.760. The molecular weight excluding hydrogens is 443 g/mol. The van der Waals surface area contributed by atoms with Crippen molar-refractivity contribution in [2.75, 3.05) is 50.7 Å². The van der Waals surface area contributed by atoms with Gasteiger partial charge in [0.2, 0.25) is 5.91 Å². The molecule has 0 aromatic carbocycles. The Balaban J connectivity index is 1.53. The Morgan fingerprint density at radius 3 is 2.76 bits per heavy atom. The smallest absolute Gasteiger partial charge is 0.274 e. The maximum atomic E-state index is 14.6. The predicted molar refractivity (Wildman–Crippen MR) is 127 cm³/mol. The lowest BCUT2D eigenvalue weighted by Crippen LogP contribution is -2.60. The van der Waals surface area contributed by atoms with E-state index in [4.69, 9.17) is 0 Å². The van der Waals surface area contributed by atoms with Gasteiger partial charge in [-0.1, -0.05) is 27.2 Å². The average Bonchev–Trinajstić information content (AvgIpc) is 3.29. The molecule has 1 N–H and O–H groups in total. The maximum Gasteiger partial charge on any atom is 0.274 e. The summed E-state index contributed by atoms with van der Waals surface area (Å²) < 4.78 is 43.0. The largest absolute Gasteiger partial charge is 0.311 e. The Labute approximate surface area is 200 Å². The van der Waals surface area contributed by atoms with E-state index in [1.54, 1.807) is 11.8 Å². The van der Waals surface area contributed by atoms with Gasteiger partial charge in [0.25, 0.3) is 5.92 Å². The van der Waals surface area contributed by atoms with Gasteiger partial charge in [0, 0.05) is 74.9 Å². The van der Waals surface area contributed by atoms with Crippen LogP contribution in [0.4, 0.5) is 18.9 Å². The Kier molecular flexibility index (Phi) is 7.27. The highest BCUT2D eigenvalue weighted by Crippen LogP contribution is 2.42. The number of amides is 1. The second-order valence-corrected chi connectivity index (χ2v) is 10.9. The lowest BCUT2D eigenvalue weighted by Gasteiger charge is -2.41. The zero-order chi connectivity index (χ0) is 24.7. The number of carbonyl (C=O) groups excluding carboxylic acids is 1. The fourth-order valence-electron chi connectivity index (χ4n) is 5.53. The normalized spacial score (nSPS) is 27.9. The van der Waals surface area contributed by atoms with Gasteiger partial charge in [-0.15, -0.1) is 0 Å². The summed E-state index contributed by atoms with van der Waals surface area (Å²) in [6.07, 6.45) is 1.17. The molecule has 4 rings (SSSR count). The number of hydrogen-bond acceptors (Lipinski definition) is 5. The van der Waals surface area contributed by atoms with Crippen molar-refractivity contribution < 1.29 is 18.0 Å². The summed E-state index contributed by atoms with van der Waals surface area (Å²) in [7, 11) is 0. The number of hydrogen-bond donors (Lipinski definition) is 1. The molecule has 9 heteroatoms. The fourth-order valence-corrected chi connectivity index (χ4v) is 5.53. The van der Waals surface area contributed by atoms with Gasteiger partial charge in [-0.05, 0) is 19.4 Å². The number of piperazine rings is 1. The first-order valence-electron chi connectivity index (χ1n) is 12.5. The van der Waals surface area contributed by atoms with Gasteiger partial charge in [0.15, 0.2) is 0 Å². The van der Waals surface area contributed by atoms with Crippen LogP contribution in [0.15, 0.2) is 12.3 Å². The molecule has 3 aliphatic heterocycles. The maximum absolute atomic E-state index is 14.6. The summed E-state index contributed by atoms with van der Waals surface area (Å²) in [4.78, 5) is 23.9. The minimum atomic E-state index is -2.97. The Hall–Kier alpha value is -1.71. The van der Waals surface area contributed by atoms with Crippen LogP contribution >= 0.6 is 0 Å². The van der Waals surface area contributed by atoms with E-state index < -0.39 is 17.5 Å². The van der Waals surface area contributed by atoms with Crippen LogP contribution in [0.25, 0.3) is 0 Å².